The standard InChI is InChI=1S/C42H39FN8O6S/c1-4-22-13-33-34(55-20-54-33)14-23(22)15-35-47-36-37(45)48-40(43)49-38(36)51(35)12-11-50(19-21(2)3)41(58)46-25-6-9-28-27(17-25)39(53)57-42(28)29-8-5-24(44)16-31(29)56-32-18-26(52)7-10-30(32)42/h5-10,13-14,16-18,21,52H,4,11-12,15,19-20,44H2,1-3H3,(H,46,58)(H2,45,48,49). The second-order valence-corrected chi connectivity index (χ2v) is 15.3. The van der Waals surface area contributed by atoms with Crippen molar-refractivity contribution >= 4 is 51.7 Å². The monoisotopic (exact) mass is 802 g/mol. The van der Waals surface area contributed by atoms with Crippen LogP contribution < -0.4 is 31.0 Å². The van der Waals surface area contributed by atoms with Crippen LogP contribution in [0.3, 0.4) is 0 Å². The number of ether oxygens (including phenoxy) is 4. The van der Waals surface area contributed by atoms with Crippen LogP contribution >= 0.6 is 12.2 Å². The van der Waals surface area contributed by atoms with E-state index in [9.17, 15) is 14.3 Å². The number of imidazole rings is 1. The van der Waals surface area contributed by atoms with Crippen LogP contribution in [0.1, 0.15) is 64.8 Å². The third kappa shape index (κ3) is 6.20. The Kier molecular flexibility index (Phi) is 8.95. The van der Waals surface area contributed by atoms with Crippen LogP contribution in [-0.4, -0.2) is 60.5 Å². The van der Waals surface area contributed by atoms with Crippen molar-refractivity contribution in [1.82, 2.24) is 24.4 Å². The van der Waals surface area contributed by atoms with Gasteiger partial charge in [-0.15, -0.1) is 0 Å². The van der Waals surface area contributed by atoms with E-state index < -0.39 is 17.6 Å². The molecule has 0 saturated heterocycles. The predicted octanol–water partition coefficient (Wildman–Crippen LogP) is 6.64. The molecule has 1 unspecified atom stereocenters. The van der Waals surface area contributed by atoms with E-state index in [1.165, 1.54) is 12.1 Å². The smallest absolute Gasteiger partial charge is 0.340 e. The highest BCUT2D eigenvalue weighted by atomic mass is 32.1. The normalized spacial score (nSPS) is 15.9. The summed E-state index contributed by atoms with van der Waals surface area (Å²) in [6, 6.07) is 19.2. The van der Waals surface area contributed by atoms with Crippen molar-refractivity contribution in [3.8, 4) is 28.7 Å². The fourth-order valence-corrected chi connectivity index (χ4v) is 8.33. The van der Waals surface area contributed by atoms with Gasteiger partial charge < -0.3 is 50.3 Å². The summed E-state index contributed by atoms with van der Waals surface area (Å²) in [6.07, 6.45) is 0.200. The van der Waals surface area contributed by atoms with Crippen molar-refractivity contribution in [3.63, 3.8) is 0 Å². The molecule has 9 rings (SSSR count). The average Bonchev–Trinajstić information content (AvgIpc) is 3.86. The van der Waals surface area contributed by atoms with Gasteiger partial charge in [-0.3, -0.25) is 0 Å². The molecule has 14 nitrogen and oxygen atoms in total. The van der Waals surface area contributed by atoms with Gasteiger partial charge in [-0.25, -0.2) is 9.78 Å². The Bertz CT molecular complexity index is 2630. The fraction of sp³-hybridized carbons (Fsp3) is 0.262. The minimum absolute atomic E-state index is 0.00200. The number of phenolic OH excluding ortho intramolecular Hbond substituents is 1. The second-order valence-electron chi connectivity index (χ2n) is 14.9. The lowest BCUT2D eigenvalue weighted by Crippen LogP contribution is -2.39. The van der Waals surface area contributed by atoms with Gasteiger partial charge in [0.2, 0.25) is 6.79 Å². The van der Waals surface area contributed by atoms with Gasteiger partial charge in [-0.05, 0) is 84.2 Å². The van der Waals surface area contributed by atoms with E-state index in [2.05, 4.69) is 36.1 Å². The van der Waals surface area contributed by atoms with Gasteiger partial charge in [0.25, 0.3) is 0 Å². The number of aryl methyl sites for hydroxylation is 1. The first-order chi connectivity index (χ1) is 27.9. The van der Waals surface area contributed by atoms with E-state index in [1.54, 1.807) is 30.3 Å². The number of aromatic nitrogens is 4. The number of nitrogens with zero attached hydrogens (tertiary/aromatic N) is 5. The van der Waals surface area contributed by atoms with Gasteiger partial charge in [-0.2, -0.15) is 14.4 Å². The average molecular weight is 803 g/mol. The lowest BCUT2D eigenvalue weighted by atomic mass is 9.77. The SMILES string of the molecule is CCc1cc2c(cc1Cc1nc3c(N)nc(F)nc3n1CCN(CC(C)C)C(=S)Nc1ccc3c(c1)C(=O)OC31c3ccc(N)cc3Oc3cc(O)ccc31)OCO2. The molecule has 0 saturated carbocycles. The van der Waals surface area contributed by atoms with Crippen molar-refractivity contribution in [1.29, 1.82) is 0 Å². The Balaban J connectivity index is 1.02. The minimum Gasteiger partial charge on any atom is -0.508 e. The zero-order valence-corrected chi connectivity index (χ0v) is 32.7. The zero-order chi connectivity index (χ0) is 40.5. The quantitative estimate of drug-likeness (QED) is 0.0528. The molecular weight excluding hydrogens is 764 g/mol. The third-order valence-corrected chi connectivity index (χ3v) is 11.0. The summed E-state index contributed by atoms with van der Waals surface area (Å²) in [4.78, 5) is 28.5. The summed E-state index contributed by atoms with van der Waals surface area (Å²) in [6.45, 7) is 7.71. The number of hydrogen-bond acceptors (Lipinski definition) is 12. The zero-order valence-electron chi connectivity index (χ0n) is 31.8. The number of halogens is 1. The summed E-state index contributed by atoms with van der Waals surface area (Å²) >= 11 is 6.02. The van der Waals surface area contributed by atoms with Crippen molar-refractivity contribution in [2.45, 2.75) is 45.8 Å². The number of thiocarbonyl (C=S) groups is 1. The van der Waals surface area contributed by atoms with Crippen LogP contribution in [-0.2, 0) is 29.7 Å². The van der Waals surface area contributed by atoms with E-state index in [4.69, 9.17) is 47.6 Å². The first-order valence-corrected chi connectivity index (χ1v) is 19.3. The summed E-state index contributed by atoms with van der Waals surface area (Å²) in [7, 11) is 0. The molecule has 296 valence electrons. The molecule has 0 bridgehead atoms. The lowest BCUT2D eigenvalue weighted by molar-refractivity contribution is 0.0224. The molecule has 16 heteroatoms. The van der Waals surface area contributed by atoms with Gasteiger partial charge >= 0.3 is 12.0 Å². The molecule has 4 aromatic carbocycles. The lowest BCUT2D eigenvalue weighted by Gasteiger charge is -2.36. The molecule has 1 spiro atoms. The van der Waals surface area contributed by atoms with E-state index in [0.29, 0.717) is 99.1 Å². The van der Waals surface area contributed by atoms with E-state index in [-0.39, 0.29) is 29.9 Å². The topological polar surface area (TPSA) is 185 Å². The van der Waals surface area contributed by atoms with Crippen LogP contribution in [0.4, 0.5) is 21.6 Å². The number of rotatable bonds is 9. The van der Waals surface area contributed by atoms with Gasteiger partial charge in [0, 0.05) is 66.3 Å². The van der Waals surface area contributed by atoms with Crippen LogP contribution in [0, 0.1) is 12.0 Å². The summed E-state index contributed by atoms with van der Waals surface area (Å²) < 4.78 is 40.3. The van der Waals surface area contributed by atoms with E-state index >= 15 is 0 Å². The number of benzene rings is 4. The van der Waals surface area contributed by atoms with Crippen molar-refractivity contribution in [2.75, 3.05) is 36.7 Å². The van der Waals surface area contributed by atoms with Crippen LogP contribution in [0.15, 0.2) is 66.7 Å². The number of anilines is 3. The molecule has 3 aliphatic heterocycles. The van der Waals surface area contributed by atoms with E-state index in [0.717, 1.165) is 17.5 Å². The first-order valence-electron chi connectivity index (χ1n) is 18.9. The summed E-state index contributed by atoms with van der Waals surface area (Å²) in [5.41, 5.74) is 16.8. The third-order valence-electron chi connectivity index (χ3n) is 10.6. The number of nitrogens with two attached hydrogens (primary N) is 2. The number of hydrogen-bond donors (Lipinski definition) is 4. The predicted molar refractivity (Wildman–Crippen MR) is 218 cm³/mol. The Morgan fingerprint density at radius 2 is 1.69 bits per heavy atom. The number of phenols is 1. The Morgan fingerprint density at radius 1 is 0.966 bits per heavy atom. The molecule has 6 N–H and O–H groups in total. The fourth-order valence-electron chi connectivity index (χ4n) is 8.05. The second kappa shape index (κ2) is 14.1. The molecule has 0 amide bonds. The maximum atomic E-state index is 14.7. The Labute approximate surface area is 337 Å². The van der Waals surface area contributed by atoms with Crippen molar-refractivity contribution in [2.24, 2.45) is 5.92 Å². The molecule has 1 atom stereocenters. The van der Waals surface area contributed by atoms with Crippen molar-refractivity contribution < 1.29 is 33.2 Å². The number of aromatic hydroxyl groups is 1. The number of fused-ring (bicyclic) bond motifs is 8. The van der Waals surface area contributed by atoms with Crippen LogP contribution in [0.2, 0.25) is 0 Å². The van der Waals surface area contributed by atoms with Gasteiger partial charge in [0.15, 0.2) is 39.2 Å². The molecule has 58 heavy (non-hydrogen) atoms. The van der Waals surface area contributed by atoms with Crippen molar-refractivity contribution in [3.05, 3.63) is 112 Å². The van der Waals surface area contributed by atoms with E-state index in [1.807, 2.05) is 33.7 Å². The number of nitrogens with one attached hydrogen (secondary N) is 1. The number of esters is 1. The highest BCUT2D eigenvalue weighted by Gasteiger charge is 2.53. The highest BCUT2D eigenvalue weighted by molar-refractivity contribution is 7.80. The molecule has 2 aromatic heterocycles. The molecule has 0 aliphatic carbocycles. The van der Waals surface area contributed by atoms with Gasteiger partial charge in [-0.1, -0.05) is 26.8 Å². The Morgan fingerprint density at radius 3 is 2.45 bits per heavy atom. The van der Waals surface area contributed by atoms with Crippen LogP contribution in [0.5, 0.6) is 28.7 Å². The molecule has 0 fully saturated rings. The number of carbonyl (C=O) groups excluding carboxylic acids is 1. The molecule has 6 aromatic rings. The minimum atomic E-state index is -1.34. The molecule has 5 heterocycles. The Hall–Kier alpha value is -6.68. The maximum absolute atomic E-state index is 14.7. The molecule has 3 aliphatic rings. The van der Waals surface area contributed by atoms with Gasteiger partial charge in [0.05, 0.1) is 5.56 Å². The van der Waals surface area contributed by atoms with Crippen LogP contribution in [0.25, 0.3) is 11.2 Å². The van der Waals surface area contributed by atoms with Gasteiger partial charge in [0.1, 0.15) is 23.1 Å². The molecular formula is C42H39FN8O6S. The summed E-state index contributed by atoms with van der Waals surface area (Å²) in [5, 5.41) is 14.0. The highest BCUT2D eigenvalue weighted by Crippen LogP contribution is 2.57. The maximum Gasteiger partial charge on any atom is 0.340 e. The first kappa shape index (κ1) is 36.9. The molecule has 0 radical (unpaired) electrons. The largest absolute Gasteiger partial charge is 0.508 e. The summed E-state index contributed by atoms with van der Waals surface area (Å²) in [5.74, 6) is 2.37. The number of nitrogen functional groups attached to an aromatic ring is 2. The number of carbonyl (C=O) groups is 1.